The van der Waals surface area contributed by atoms with Gasteiger partial charge in [0.2, 0.25) is 6.43 Å². The van der Waals surface area contributed by atoms with Gasteiger partial charge in [0.1, 0.15) is 5.75 Å². The molecular weight excluding hydrogens is 250 g/mol. The van der Waals surface area contributed by atoms with E-state index in [2.05, 4.69) is 10.2 Å². The standard InChI is InChI=1S/C14H20F2N2O/c1-19-13-5-3-2-4-11(13)12(10-14(15)16)18-8-6-17-7-9-18/h2-5,12,14,17H,6-10H2,1H3/t12-/m0/s1. The summed E-state index contributed by atoms with van der Waals surface area (Å²) in [6.07, 6.45) is -2.47. The van der Waals surface area contributed by atoms with Gasteiger partial charge in [-0.2, -0.15) is 0 Å². The molecule has 0 amide bonds. The van der Waals surface area contributed by atoms with Crippen molar-refractivity contribution < 1.29 is 13.5 Å². The van der Waals surface area contributed by atoms with E-state index >= 15 is 0 Å². The summed E-state index contributed by atoms with van der Waals surface area (Å²) in [5.41, 5.74) is 0.854. The largest absolute Gasteiger partial charge is 0.496 e. The predicted molar refractivity (Wildman–Crippen MR) is 70.8 cm³/mol. The third-order valence-electron chi connectivity index (χ3n) is 3.49. The van der Waals surface area contributed by atoms with Crippen molar-refractivity contribution in [1.29, 1.82) is 0 Å². The maximum atomic E-state index is 12.9. The Balaban J connectivity index is 2.25. The lowest BCUT2D eigenvalue weighted by atomic mass is 10.00. The van der Waals surface area contributed by atoms with Crippen LogP contribution >= 0.6 is 0 Å². The van der Waals surface area contributed by atoms with Crippen LogP contribution in [0.5, 0.6) is 5.75 Å². The second-order valence-electron chi connectivity index (χ2n) is 4.67. The van der Waals surface area contributed by atoms with E-state index in [1.807, 2.05) is 24.3 Å². The zero-order valence-corrected chi connectivity index (χ0v) is 11.1. The smallest absolute Gasteiger partial charge is 0.240 e. The van der Waals surface area contributed by atoms with Gasteiger partial charge in [0.25, 0.3) is 0 Å². The van der Waals surface area contributed by atoms with Gasteiger partial charge in [0.05, 0.1) is 7.11 Å². The van der Waals surface area contributed by atoms with E-state index in [0.717, 1.165) is 31.7 Å². The molecule has 1 atom stereocenters. The van der Waals surface area contributed by atoms with Gasteiger partial charge in [-0.25, -0.2) is 8.78 Å². The monoisotopic (exact) mass is 270 g/mol. The molecule has 2 rings (SSSR count). The number of nitrogens with one attached hydrogen (secondary N) is 1. The van der Waals surface area contributed by atoms with Crippen LogP contribution in [0.4, 0.5) is 8.78 Å². The number of alkyl halides is 2. The normalized spacial score (nSPS) is 18.5. The molecule has 1 saturated heterocycles. The minimum absolute atomic E-state index is 0.152. The third-order valence-corrected chi connectivity index (χ3v) is 3.49. The summed E-state index contributed by atoms with van der Waals surface area (Å²) in [4.78, 5) is 2.11. The zero-order valence-electron chi connectivity index (χ0n) is 11.1. The molecule has 1 fully saturated rings. The Kier molecular flexibility index (Phi) is 5.10. The molecule has 1 heterocycles. The molecule has 1 aliphatic heterocycles. The third kappa shape index (κ3) is 3.64. The molecule has 0 unspecified atom stereocenters. The first-order chi connectivity index (χ1) is 9.22. The van der Waals surface area contributed by atoms with Crippen LogP contribution in [0.2, 0.25) is 0 Å². The minimum Gasteiger partial charge on any atom is -0.496 e. The van der Waals surface area contributed by atoms with Crippen molar-refractivity contribution in [1.82, 2.24) is 10.2 Å². The molecule has 106 valence electrons. The molecule has 3 nitrogen and oxygen atoms in total. The average molecular weight is 270 g/mol. The lowest BCUT2D eigenvalue weighted by Crippen LogP contribution is -2.45. The van der Waals surface area contributed by atoms with Crippen LogP contribution in [-0.4, -0.2) is 44.6 Å². The number of nitrogens with zero attached hydrogens (tertiary/aromatic N) is 1. The first kappa shape index (κ1) is 14.2. The van der Waals surface area contributed by atoms with Crippen molar-refractivity contribution in [3.8, 4) is 5.75 Å². The molecule has 1 N–H and O–H groups in total. The summed E-state index contributed by atoms with van der Waals surface area (Å²) in [5.74, 6) is 0.687. The van der Waals surface area contributed by atoms with E-state index in [0.29, 0.717) is 5.75 Å². The van der Waals surface area contributed by atoms with E-state index in [9.17, 15) is 8.78 Å². The highest BCUT2D eigenvalue weighted by Gasteiger charge is 2.27. The summed E-state index contributed by atoms with van der Waals surface area (Å²) in [6.45, 7) is 3.26. The van der Waals surface area contributed by atoms with Gasteiger partial charge in [-0.1, -0.05) is 18.2 Å². The number of benzene rings is 1. The highest BCUT2D eigenvalue weighted by molar-refractivity contribution is 5.36. The van der Waals surface area contributed by atoms with E-state index in [-0.39, 0.29) is 12.5 Å². The van der Waals surface area contributed by atoms with Crippen LogP contribution in [0.15, 0.2) is 24.3 Å². The quantitative estimate of drug-likeness (QED) is 0.888. The number of halogens is 2. The first-order valence-corrected chi connectivity index (χ1v) is 6.58. The molecule has 0 spiro atoms. The number of rotatable bonds is 5. The highest BCUT2D eigenvalue weighted by Crippen LogP contribution is 2.33. The number of methoxy groups -OCH3 is 1. The van der Waals surface area contributed by atoms with Crippen molar-refractivity contribution in [2.45, 2.75) is 18.9 Å². The molecule has 1 aliphatic rings. The number of piperazine rings is 1. The van der Waals surface area contributed by atoms with Crippen molar-refractivity contribution in [2.24, 2.45) is 0 Å². The van der Waals surface area contributed by atoms with E-state index in [4.69, 9.17) is 4.74 Å². The van der Waals surface area contributed by atoms with E-state index < -0.39 is 6.43 Å². The minimum atomic E-state index is -2.32. The number of para-hydroxylation sites is 1. The summed E-state index contributed by atoms with van der Waals surface area (Å²) in [5, 5.41) is 3.24. The van der Waals surface area contributed by atoms with Crippen LogP contribution in [0.1, 0.15) is 18.0 Å². The van der Waals surface area contributed by atoms with Gasteiger partial charge in [-0.15, -0.1) is 0 Å². The molecule has 0 bridgehead atoms. The fourth-order valence-electron chi connectivity index (χ4n) is 2.58. The first-order valence-electron chi connectivity index (χ1n) is 6.58. The highest BCUT2D eigenvalue weighted by atomic mass is 19.3. The number of hydrogen-bond acceptors (Lipinski definition) is 3. The Hall–Kier alpha value is -1.20. The van der Waals surface area contributed by atoms with Crippen LogP contribution < -0.4 is 10.1 Å². The van der Waals surface area contributed by atoms with Crippen LogP contribution in [0.3, 0.4) is 0 Å². The Bertz CT molecular complexity index is 395. The maximum Gasteiger partial charge on any atom is 0.240 e. The Morgan fingerprint density at radius 1 is 1.26 bits per heavy atom. The summed E-state index contributed by atoms with van der Waals surface area (Å²) >= 11 is 0. The Morgan fingerprint density at radius 2 is 1.95 bits per heavy atom. The van der Waals surface area contributed by atoms with Crippen molar-refractivity contribution in [2.75, 3.05) is 33.3 Å². The van der Waals surface area contributed by atoms with Gasteiger partial charge < -0.3 is 10.1 Å². The van der Waals surface area contributed by atoms with Crippen molar-refractivity contribution >= 4 is 0 Å². The van der Waals surface area contributed by atoms with Gasteiger partial charge in [-0.05, 0) is 6.07 Å². The summed E-state index contributed by atoms with van der Waals surface area (Å²) in [7, 11) is 1.58. The number of ether oxygens (including phenoxy) is 1. The van der Waals surface area contributed by atoms with Crippen LogP contribution in [-0.2, 0) is 0 Å². The second kappa shape index (κ2) is 6.82. The van der Waals surface area contributed by atoms with Crippen molar-refractivity contribution in [3.05, 3.63) is 29.8 Å². The van der Waals surface area contributed by atoms with Crippen LogP contribution in [0.25, 0.3) is 0 Å². The molecule has 19 heavy (non-hydrogen) atoms. The molecule has 0 saturated carbocycles. The van der Waals surface area contributed by atoms with Gasteiger partial charge in [-0.3, -0.25) is 4.90 Å². The summed E-state index contributed by atoms with van der Waals surface area (Å²) in [6, 6.07) is 7.17. The molecule has 1 aromatic carbocycles. The summed E-state index contributed by atoms with van der Waals surface area (Å²) < 4.78 is 31.1. The average Bonchev–Trinajstić information content (AvgIpc) is 2.45. The Morgan fingerprint density at radius 3 is 2.58 bits per heavy atom. The molecule has 0 aliphatic carbocycles. The molecule has 0 radical (unpaired) electrons. The zero-order chi connectivity index (χ0) is 13.7. The fourth-order valence-corrected chi connectivity index (χ4v) is 2.58. The predicted octanol–water partition coefficient (Wildman–Crippen LogP) is 2.30. The molecule has 1 aromatic rings. The molecule has 5 heteroatoms. The topological polar surface area (TPSA) is 24.5 Å². The fraction of sp³-hybridized carbons (Fsp3) is 0.571. The van der Waals surface area contributed by atoms with Gasteiger partial charge >= 0.3 is 0 Å². The van der Waals surface area contributed by atoms with E-state index in [1.165, 1.54) is 0 Å². The lowest BCUT2D eigenvalue weighted by molar-refractivity contribution is 0.0729. The van der Waals surface area contributed by atoms with Crippen molar-refractivity contribution in [3.63, 3.8) is 0 Å². The van der Waals surface area contributed by atoms with Gasteiger partial charge in [0.15, 0.2) is 0 Å². The molecule has 0 aromatic heterocycles. The van der Waals surface area contributed by atoms with Gasteiger partial charge in [0, 0.05) is 44.2 Å². The lowest BCUT2D eigenvalue weighted by Gasteiger charge is -2.35. The number of hydrogen-bond donors (Lipinski definition) is 1. The molecular formula is C14H20F2N2O. The Labute approximate surface area is 112 Å². The SMILES string of the molecule is COc1ccccc1[C@H](CC(F)F)N1CCNCC1. The van der Waals surface area contributed by atoms with E-state index in [1.54, 1.807) is 7.11 Å². The van der Waals surface area contributed by atoms with Crippen LogP contribution in [0, 0.1) is 0 Å². The maximum absolute atomic E-state index is 12.9. The second-order valence-corrected chi connectivity index (χ2v) is 4.67.